The molecule has 1 aliphatic heterocycles. The van der Waals surface area contributed by atoms with Crippen LogP contribution in [0.2, 0.25) is 0 Å². The molecule has 4 amide bonds. The molecule has 0 bridgehead atoms. The lowest BCUT2D eigenvalue weighted by atomic mass is 10.1. The second-order valence-corrected chi connectivity index (χ2v) is 7.35. The predicted molar refractivity (Wildman–Crippen MR) is 118 cm³/mol. The summed E-state index contributed by atoms with van der Waals surface area (Å²) in [4.78, 5) is 38.0. The van der Waals surface area contributed by atoms with Crippen LogP contribution in [-0.2, 0) is 22.4 Å². The standard InChI is InChI=1S/C25H17F3N2O4/c26-25(27,28)18-7-4-8-19(14-18)30-23(32)21(22(31)29-24(30)33)13-16-9-11-20(12-10-16)34-15-17-5-2-1-3-6-17/h1-14H,15H2,(H,29,31,33). The van der Waals surface area contributed by atoms with Crippen molar-refractivity contribution in [1.29, 1.82) is 0 Å². The lowest BCUT2D eigenvalue weighted by Gasteiger charge is -2.26. The number of carbonyl (C=O) groups excluding carboxylic acids is 3. The number of nitrogens with zero attached hydrogens (tertiary/aromatic N) is 1. The molecule has 172 valence electrons. The lowest BCUT2D eigenvalue weighted by Crippen LogP contribution is -2.54. The minimum atomic E-state index is -4.66. The largest absolute Gasteiger partial charge is 0.489 e. The summed E-state index contributed by atoms with van der Waals surface area (Å²) in [7, 11) is 0. The molecular formula is C25H17F3N2O4. The minimum Gasteiger partial charge on any atom is -0.489 e. The fraction of sp³-hybridized carbons (Fsp3) is 0.0800. The Kier molecular flexibility index (Phi) is 6.18. The highest BCUT2D eigenvalue weighted by Gasteiger charge is 2.38. The van der Waals surface area contributed by atoms with E-state index in [1.54, 1.807) is 24.3 Å². The first-order chi connectivity index (χ1) is 16.2. The number of hydrogen-bond donors (Lipinski definition) is 1. The van der Waals surface area contributed by atoms with Crippen LogP contribution in [0.4, 0.5) is 23.7 Å². The number of imide groups is 2. The Hall–Kier alpha value is -4.40. The second kappa shape index (κ2) is 9.22. The number of carbonyl (C=O) groups is 3. The Labute approximate surface area is 192 Å². The number of anilines is 1. The van der Waals surface area contributed by atoms with E-state index < -0.39 is 35.2 Å². The minimum absolute atomic E-state index is 0.305. The summed E-state index contributed by atoms with van der Waals surface area (Å²) in [5, 5.41) is 1.99. The number of barbiturate groups is 1. The molecule has 0 saturated carbocycles. The van der Waals surface area contributed by atoms with Gasteiger partial charge in [0.05, 0.1) is 11.3 Å². The molecule has 3 aromatic rings. The van der Waals surface area contributed by atoms with Crippen molar-refractivity contribution >= 4 is 29.6 Å². The number of benzene rings is 3. The van der Waals surface area contributed by atoms with Crippen LogP contribution >= 0.6 is 0 Å². The SMILES string of the molecule is O=C1NC(=O)N(c2cccc(C(F)(F)F)c2)C(=O)C1=Cc1ccc(OCc2ccccc2)cc1. The molecule has 1 N–H and O–H groups in total. The molecule has 1 saturated heterocycles. The summed E-state index contributed by atoms with van der Waals surface area (Å²) >= 11 is 0. The van der Waals surface area contributed by atoms with Gasteiger partial charge in [0.15, 0.2) is 0 Å². The molecule has 0 spiro atoms. The highest BCUT2D eigenvalue weighted by Crippen LogP contribution is 2.32. The van der Waals surface area contributed by atoms with Crippen LogP contribution in [0.5, 0.6) is 5.75 Å². The van der Waals surface area contributed by atoms with Crippen LogP contribution in [0.3, 0.4) is 0 Å². The van der Waals surface area contributed by atoms with Crippen molar-refractivity contribution in [3.63, 3.8) is 0 Å². The molecule has 6 nitrogen and oxygen atoms in total. The van der Waals surface area contributed by atoms with Crippen molar-refractivity contribution in [2.45, 2.75) is 12.8 Å². The summed E-state index contributed by atoms with van der Waals surface area (Å²) in [5.41, 5.74) is -0.282. The zero-order chi connectivity index (χ0) is 24.3. The van der Waals surface area contributed by atoms with Crippen LogP contribution in [0.1, 0.15) is 16.7 Å². The first kappa shape index (κ1) is 22.8. The third kappa shape index (κ3) is 4.98. The van der Waals surface area contributed by atoms with Gasteiger partial charge in [-0.2, -0.15) is 13.2 Å². The van der Waals surface area contributed by atoms with Gasteiger partial charge >= 0.3 is 12.2 Å². The molecule has 0 unspecified atom stereocenters. The van der Waals surface area contributed by atoms with Crippen molar-refractivity contribution in [3.05, 3.63) is 101 Å². The maximum atomic E-state index is 13.1. The molecule has 3 aromatic carbocycles. The third-order valence-corrected chi connectivity index (χ3v) is 4.97. The number of rotatable bonds is 5. The Morgan fingerprint density at radius 2 is 1.59 bits per heavy atom. The van der Waals surface area contributed by atoms with Crippen LogP contribution in [0.25, 0.3) is 6.08 Å². The average molecular weight is 466 g/mol. The second-order valence-electron chi connectivity index (χ2n) is 7.35. The van der Waals surface area contributed by atoms with Crippen LogP contribution in [0, 0.1) is 0 Å². The van der Waals surface area contributed by atoms with Crippen molar-refractivity contribution in [2.75, 3.05) is 4.90 Å². The molecule has 1 aliphatic rings. The molecule has 0 radical (unpaired) electrons. The Bertz CT molecular complexity index is 1270. The van der Waals surface area contributed by atoms with E-state index in [-0.39, 0.29) is 5.69 Å². The molecule has 0 aliphatic carbocycles. The van der Waals surface area contributed by atoms with E-state index in [1.165, 1.54) is 12.1 Å². The fourth-order valence-corrected chi connectivity index (χ4v) is 3.28. The summed E-state index contributed by atoms with van der Waals surface area (Å²) in [6, 6.07) is 18.7. The molecule has 1 fully saturated rings. The highest BCUT2D eigenvalue weighted by molar-refractivity contribution is 6.39. The molecule has 0 aromatic heterocycles. The number of amides is 4. The van der Waals surface area contributed by atoms with Gasteiger partial charge in [-0.25, -0.2) is 9.69 Å². The molecular weight excluding hydrogens is 449 g/mol. The molecule has 9 heteroatoms. The maximum Gasteiger partial charge on any atom is 0.416 e. The number of hydrogen-bond acceptors (Lipinski definition) is 4. The Balaban J connectivity index is 1.55. The number of halogens is 3. The molecule has 4 rings (SSSR count). The topological polar surface area (TPSA) is 75.7 Å². The van der Waals surface area contributed by atoms with E-state index >= 15 is 0 Å². The normalized spacial score (nSPS) is 15.4. The first-order valence-electron chi connectivity index (χ1n) is 10.1. The summed E-state index contributed by atoms with van der Waals surface area (Å²) < 4.78 is 44.9. The van der Waals surface area contributed by atoms with E-state index in [0.717, 1.165) is 17.7 Å². The van der Waals surface area contributed by atoms with Gasteiger partial charge in [-0.05, 0) is 47.5 Å². The number of urea groups is 1. The van der Waals surface area contributed by atoms with E-state index in [1.807, 2.05) is 35.6 Å². The van der Waals surface area contributed by atoms with Crippen molar-refractivity contribution in [2.24, 2.45) is 0 Å². The highest BCUT2D eigenvalue weighted by atomic mass is 19.4. The van der Waals surface area contributed by atoms with Gasteiger partial charge in [0.25, 0.3) is 11.8 Å². The molecule has 34 heavy (non-hydrogen) atoms. The van der Waals surface area contributed by atoms with Gasteiger partial charge in [-0.1, -0.05) is 48.5 Å². The zero-order valence-electron chi connectivity index (χ0n) is 17.5. The first-order valence-corrected chi connectivity index (χ1v) is 10.1. The number of ether oxygens (including phenoxy) is 1. The van der Waals surface area contributed by atoms with E-state index in [9.17, 15) is 27.6 Å². The maximum absolute atomic E-state index is 13.1. The van der Waals surface area contributed by atoms with Gasteiger partial charge in [0.1, 0.15) is 17.9 Å². The fourth-order valence-electron chi connectivity index (χ4n) is 3.28. The summed E-state index contributed by atoms with van der Waals surface area (Å²) in [5.74, 6) is -1.41. The molecule has 1 heterocycles. The van der Waals surface area contributed by atoms with Crippen LogP contribution in [0.15, 0.2) is 84.4 Å². The van der Waals surface area contributed by atoms with Gasteiger partial charge in [0, 0.05) is 0 Å². The van der Waals surface area contributed by atoms with Gasteiger partial charge in [0.2, 0.25) is 0 Å². The van der Waals surface area contributed by atoms with Crippen LogP contribution in [-0.4, -0.2) is 17.8 Å². The Morgan fingerprint density at radius 3 is 2.26 bits per heavy atom. The van der Waals surface area contributed by atoms with Gasteiger partial charge in [-0.15, -0.1) is 0 Å². The predicted octanol–water partition coefficient (Wildman–Crippen LogP) is 4.95. The smallest absolute Gasteiger partial charge is 0.416 e. The lowest BCUT2D eigenvalue weighted by molar-refractivity contribution is -0.137. The zero-order valence-corrected chi connectivity index (χ0v) is 17.5. The monoisotopic (exact) mass is 466 g/mol. The van der Waals surface area contributed by atoms with E-state index in [4.69, 9.17) is 4.74 Å². The van der Waals surface area contributed by atoms with E-state index in [2.05, 4.69) is 0 Å². The number of alkyl halides is 3. The van der Waals surface area contributed by atoms with Crippen molar-refractivity contribution in [3.8, 4) is 5.75 Å². The van der Waals surface area contributed by atoms with E-state index in [0.29, 0.717) is 28.9 Å². The average Bonchev–Trinajstić information content (AvgIpc) is 2.81. The Morgan fingerprint density at radius 1 is 0.882 bits per heavy atom. The molecule has 0 atom stereocenters. The van der Waals surface area contributed by atoms with Gasteiger partial charge in [-0.3, -0.25) is 14.9 Å². The van der Waals surface area contributed by atoms with Crippen LogP contribution < -0.4 is 15.0 Å². The summed E-state index contributed by atoms with van der Waals surface area (Å²) in [6.45, 7) is 0.357. The quantitative estimate of drug-likeness (QED) is 0.427. The summed E-state index contributed by atoms with van der Waals surface area (Å²) in [6.07, 6.45) is -3.41. The van der Waals surface area contributed by atoms with Crippen molar-refractivity contribution < 1.29 is 32.3 Å². The van der Waals surface area contributed by atoms with Crippen molar-refractivity contribution in [1.82, 2.24) is 5.32 Å². The third-order valence-electron chi connectivity index (χ3n) is 4.97. The van der Waals surface area contributed by atoms with Gasteiger partial charge < -0.3 is 4.74 Å². The number of nitrogens with one attached hydrogen (secondary N) is 1.